The molecular weight excluding hydrogens is 257 g/mol. The van der Waals surface area contributed by atoms with Gasteiger partial charge in [-0.3, -0.25) is 4.79 Å². The summed E-state index contributed by atoms with van der Waals surface area (Å²) in [6, 6.07) is 7.18. The normalized spacial score (nSPS) is 10.6. The van der Waals surface area contributed by atoms with Gasteiger partial charge in [-0.15, -0.1) is 0 Å². The summed E-state index contributed by atoms with van der Waals surface area (Å²) in [6.45, 7) is 3.79. The Morgan fingerprint density at radius 2 is 1.76 bits per heavy atom. The third kappa shape index (κ3) is 1.99. The number of halogens is 2. The van der Waals surface area contributed by atoms with E-state index in [1.807, 2.05) is 24.5 Å². The van der Waals surface area contributed by atoms with E-state index in [0.717, 1.165) is 23.4 Å². The summed E-state index contributed by atoms with van der Waals surface area (Å²) in [5.74, 6) is 0. The second kappa shape index (κ2) is 4.55. The number of aromatic nitrogens is 1. The predicted octanol–water partition coefficient (Wildman–Crippen LogP) is 4.21. The number of benzene rings is 1. The Balaban J connectivity index is 2.77. The van der Waals surface area contributed by atoms with E-state index in [2.05, 4.69) is 0 Å². The van der Waals surface area contributed by atoms with Crippen LogP contribution < -0.4 is 0 Å². The molecule has 0 amide bonds. The third-order valence-electron chi connectivity index (χ3n) is 2.76. The van der Waals surface area contributed by atoms with E-state index >= 15 is 0 Å². The van der Waals surface area contributed by atoms with E-state index in [0.29, 0.717) is 15.6 Å². The van der Waals surface area contributed by atoms with Crippen LogP contribution >= 0.6 is 23.2 Å². The molecule has 0 fully saturated rings. The van der Waals surface area contributed by atoms with Gasteiger partial charge in [-0.2, -0.15) is 0 Å². The fourth-order valence-corrected chi connectivity index (χ4v) is 2.52. The predicted molar refractivity (Wildman–Crippen MR) is 70.7 cm³/mol. The molecule has 4 heteroatoms. The molecule has 0 radical (unpaired) electrons. The minimum Gasteiger partial charge on any atom is -0.315 e. The van der Waals surface area contributed by atoms with Crippen LogP contribution in [0.2, 0.25) is 10.0 Å². The van der Waals surface area contributed by atoms with Crippen molar-refractivity contribution in [3.8, 4) is 5.69 Å². The van der Waals surface area contributed by atoms with Crippen molar-refractivity contribution in [3.63, 3.8) is 0 Å². The van der Waals surface area contributed by atoms with Crippen molar-refractivity contribution < 1.29 is 4.79 Å². The molecule has 17 heavy (non-hydrogen) atoms. The Bertz CT molecular complexity index is 567. The molecule has 0 bridgehead atoms. The molecule has 1 aromatic carbocycles. The Hall–Kier alpha value is -1.25. The quantitative estimate of drug-likeness (QED) is 0.747. The maximum absolute atomic E-state index is 10.9. The van der Waals surface area contributed by atoms with Crippen LogP contribution in [-0.4, -0.2) is 10.9 Å². The third-order valence-corrected chi connectivity index (χ3v) is 3.37. The van der Waals surface area contributed by atoms with E-state index < -0.39 is 0 Å². The largest absolute Gasteiger partial charge is 0.315 e. The fourth-order valence-electron chi connectivity index (χ4n) is 1.95. The molecule has 0 aliphatic carbocycles. The summed E-state index contributed by atoms with van der Waals surface area (Å²) >= 11 is 12.3. The van der Waals surface area contributed by atoms with Gasteiger partial charge in [0.15, 0.2) is 6.29 Å². The minimum absolute atomic E-state index is 0.566. The van der Waals surface area contributed by atoms with Gasteiger partial charge in [0.05, 0.1) is 15.7 Å². The molecule has 0 spiro atoms. The van der Waals surface area contributed by atoms with Crippen molar-refractivity contribution in [2.75, 3.05) is 0 Å². The zero-order chi connectivity index (χ0) is 12.6. The highest BCUT2D eigenvalue weighted by molar-refractivity contribution is 6.37. The lowest BCUT2D eigenvalue weighted by molar-refractivity contribution is 0.112. The maximum atomic E-state index is 10.9. The van der Waals surface area contributed by atoms with Crippen LogP contribution in [0.3, 0.4) is 0 Å². The van der Waals surface area contributed by atoms with Crippen LogP contribution in [0.4, 0.5) is 0 Å². The maximum Gasteiger partial charge on any atom is 0.151 e. The summed E-state index contributed by atoms with van der Waals surface area (Å²) in [5.41, 5.74) is 3.14. The van der Waals surface area contributed by atoms with E-state index in [1.165, 1.54) is 0 Å². The molecule has 88 valence electrons. The Morgan fingerprint density at radius 1 is 1.18 bits per heavy atom. The fraction of sp³-hybridized carbons (Fsp3) is 0.154. The molecule has 1 aromatic heterocycles. The number of rotatable bonds is 2. The SMILES string of the molecule is Cc1cc(C=O)c(C)n1-c1c(Cl)cccc1Cl. The van der Waals surface area contributed by atoms with E-state index in [4.69, 9.17) is 23.2 Å². The average molecular weight is 268 g/mol. The molecule has 0 aliphatic rings. The topological polar surface area (TPSA) is 22.0 Å². The number of hydrogen-bond donors (Lipinski definition) is 0. The first-order chi connectivity index (χ1) is 8.06. The highest BCUT2D eigenvalue weighted by Crippen LogP contribution is 2.31. The second-order valence-corrected chi connectivity index (χ2v) is 4.66. The minimum atomic E-state index is 0.566. The van der Waals surface area contributed by atoms with Crippen molar-refractivity contribution in [2.45, 2.75) is 13.8 Å². The zero-order valence-electron chi connectivity index (χ0n) is 9.50. The van der Waals surface area contributed by atoms with Crippen LogP contribution in [0.1, 0.15) is 21.7 Å². The smallest absolute Gasteiger partial charge is 0.151 e. The van der Waals surface area contributed by atoms with Gasteiger partial charge in [0, 0.05) is 17.0 Å². The van der Waals surface area contributed by atoms with E-state index in [1.54, 1.807) is 18.2 Å². The van der Waals surface area contributed by atoms with Gasteiger partial charge in [-0.05, 0) is 32.0 Å². The summed E-state index contributed by atoms with van der Waals surface area (Å²) < 4.78 is 1.90. The van der Waals surface area contributed by atoms with Gasteiger partial charge in [0.1, 0.15) is 0 Å². The number of hydrogen-bond acceptors (Lipinski definition) is 1. The summed E-state index contributed by atoms with van der Waals surface area (Å²) in [7, 11) is 0. The first kappa shape index (κ1) is 12.2. The van der Waals surface area contributed by atoms with E-state index in [-0.39, 0.29) is 0 Å². The molecule has 0 atom stereocenters. The van der Waals surface area contributed by atoms with Gasteiger partial charge in [-0.25, -0.2) is 0 Å². The Morgan fingerprint density at radius 3 is 2.24 bits per heavy atom. The summed E-state index contributed by atoms with van der Waals surface area (Å²) in [4.78, 5) is 10.9. The molecular formula is C13H11Cl2NO. The molecule has 0 aliphatic heterocycles. The zero-order valence-corrected chi connectivity index (χ0v) is 11.0. The van der Waals surface area contributed by atoms with Gasteiger partial charge in [0.2, 0.25) is 0 Å². The Labute approximate surface area is 110 Å². The molecule has 2 nitrogen and oxygen atoms in total. The van der Waals surface area contributed by atoms with Crippen molar-refractivity contribution in [2.24, 2.45) is 0 Å². The highest BCUT2D eigenvalue weighted by atomic mass is 35.5. The van der Waals surface area contributed by atoms with Gasteiger partial charge < -0.3 is 4.57 Å². The molecule has 2 aromatic rings. The van der Waals surface area contributed by atoms with Crippen LogP contribution in [0.15, 0.2) is 24.3 Å². The Kier molecular flexibility index (Phi) is 3.27. The number of para-hydroxylation sites is 1. The lowest BCUT2D eigenvalue weighted by Crippen LogP contribution is -2.01. The van der Waals surface area contributed by atoms with Gasteiger partial charge in [-0.1, -0.05) is 29.3 Å². The molecule has 2 rings (SSSR count). The van der Waals surface area contributed by atoms with E-state index in [9.17, 15) is 4.79 Å². The first-order valence-electron chi connectivity index (χ1n) is 5.14. The first-order valence-corrected chi connectivity index (χ1v) is 5.90. The van der Waals surface area contributed by atoms with Gasteiger partial charge in [0.25, 0.3) is 0 Å². The number of carbonyl (C=O) groups is 1. The van der Waals surface area contributed by atoms with Crippen molar-refractivity contribution in [1.82, 2.24) is 4.57 Å². The highest BCUT2D eigenvalue weighted by Gasteiger charge is 2.14. The number of carbonyl (C=O) groups excluding carboxylic acids is 1. The lowest BCUT2D eigenvalue weighted by atomic mass is 10.2. The number of aryl methyl sites for hydroxylation is 1. The lowest BCUT2D eigenvalue weighted by Gasteiger charge is -2.13. The van der Waals surface area contributed by atoms with Crippen LogP contribution in [0.5, 0.6) is 0 Å². The molecule has 0 N–H and O–H groups in total. The second-order valence-electron chi connectivity index (χ2n) is 3.85. The average Bonchev–Trinajstić information content (AvgIpc) is 2.56. The van der Waals surface area contributed by atoms with Crippen LogP contribution in [-0.2, 0) is 0 Å². The number of aldehydes is 1. The van der Waals surface area contributed by atoms with Crippen molar-refractivity contribution in [1.29, 1.82) is 0 Å². The van der Waals surface area contributed by atoms with Crippen LogP contribution in [0, 0.1) is 13.8 Å². The standard InChI is InChI=1S/C13H11Cl2NO/c1-8-6-10(7-17)9(2)16(8)13-11(14)4-3-5-12(13)15/h3-7H,1-2H3. The molecule has 0 unspecified atom stereocenters. The van der Waals surface area contributed by atoms with Gasteiger partial charge >= 0.3 is 0 Å². The van der Waals surface area contributed by atoms with Crippen LogP contribution in [0.25, 0.3) is 5.69 Å². The summed E-state index contributed by atoms with van der Waals surface area (Å²) in [5, 5.41) is 1.13. The monoisotopic (exact) mass is 267 g/mol. The summed E-state index contributed by atoms with van der Waals surface area (Å²) in [6.07, 6.45) is 0.837. The number of nitrogens with zero attached hydrogens (tertiary/aromatic N) is 1. The molecule has 0 saturated carbocycles. The van der Waals surface area contributed by atoms with Crippen molar-refractivity contribution in [3.05, 3.63) is 51.3 Å². The molecule has 1 heterocycles. The van der Waals surface area contributed by atoms with Crippen molar-refractivity contribution >= 4 is 29.5 Å². The molecule has 0 saturated heterocycles.